The number of nitrogens with zero attached hydrogens (tertiary/aromatic N) is 3. The number of H-pyrrole nitrogens is 1. The van der Waals surface area contributed by atoms with Crippen LogP contribution in [-0.4, -0.2) is 34.5 Å². The Labute approximate surface area is 197 Å². The second-order valence-corrected chi connectivity index (χ2v) is 9.86. The van der Waals surface area contributed by atoms with Crippen LogP contribution in [0.2, 0.25) is 0 Å². The number of nitrogens with one attached hydrogen (secondary N) is 3. The van der Waals surface area contributed by atoms with Gasteiger partial charge in [-0.25, -0.2) is 18.4 Å². The average Bonchev–Trinajstić information content (AvgIpc) is 3.24. The number of anilines is 3. The molecule has 0 saturated carbocycles. The molecular weight excluding hydrogens is 452 g/mol. The maximum Gasteiger partial charge on any atom is 0.254 e. The number of sulfone groups is 1. The van der Waals surface area contributed by atoms with Crippen LogP contribution in [0.1, 0.15) is 19.5 Å². The van der Waals surface area contributed by atoms with Crippen molar-refractivity contribution in [1.29, 1.82) is 0 Å². The molecule has 0 fully saturated rings. The van der Waals surface area contributed by atoms with Crippen LogP contribution in [0.4, 0.5) is 17.3 Å². The minimum absolute atomic E-state index is 0.0156. The summed E-state index contributed by atoms with van der Waals surface area (Å²) in [6.45, 7) is 5.42. The Hall–Kier alpha value is -4.05. The van der Waals surface area contributed by atoms with Crippen molar-refractivity contribution in [2.75, 3.05) is 10.6 Å². The molecule has 4 rings (SSSR count). The number of amides is 1. The molecule has 4 aromatic rings. The van der Waals surface area contributed by atoms with E-state index in [1.807, 2.05) is 37.3 Å². The molecule has 0 aliphatic heterocycles. The Kier molecular flexibility index (Phi) is 6.42. The zero-order valence-electron chi connectivity index (χ0n) is 18.9. The fourth-order valence-corrected chi connectivity index (χ4v) is 4.23. The van der Waals surface area contributed by atoms with Crippen molar-refractivity contribution in [1.82, 2.24) is 20.2 Å². The minimum atomic E-state index is -4.04. The maximum absolute atomic E-state index is 13.4. The summed E-state index contributed by atoms with van der Waals surface area (Å²) in [6, 6.07) is 18.6. The Morgan fingerprint density at radius 1 is 0.941 bits per heavy atom. The summed E-state index contributed by atoms with van der Waals surface area (Å²) >= 11 is 0. The molecule has 3 N–H and O–H groups in total. The van der Waals surface area contributed by atoms with Crippen LogP contribution < -0.4 is 10.6 Å². The normalized spacial score (nSPS) is 11.4. The Bertz CT molecular complexity index is 1410. The number of hydrogen-bond acceptors (Lipinski definition) is 7. The minimum Gasteiger partial charge on any atom is -0.326 e. The third kappa shape index (κ3) is 5.12. The zero-order chi connectivity index (χ0) is 24.3. The van der Waals surface area contributed by atoms with E-state index in [-0.39, 0.29) is 21.9 Å². The summed E-state index contributed by atoms with van der Waals surface area (Å²) in [4.78, 5) is 20.6. The summed E-state index contributed by atoms with van der Waals surface area (Å²) < 4.78 is 26.8. The molecule has 2 aromatic heterocycles. The summed E-state index contributed by atoms with van der Waals surface area (Å²) in [7, 11) is -4.04. The molecule has 1 amide bonds. The van der Waals surface area contributed by atoms with Crippen molar-refractivity contribution >= 4 is 33.1 Å². The van der Waals surface area contributed by atoms with Crippen LogP contribution >= 0.6 is 0 Å². The predicted molar refractivity (Wildman–Crippen MR) is 129 cm³/mol. The SMILES string of the molecule is Cc1cc(Nc2cc(-c3ccccc3)nc(S(=O)(=O)c3ccc(NC(=O)C(C)C)cc3)n2)n[nH]1. The first kappa shape index (κ1) is 23.1. The van der Waals surface area contributed by atoms with Gasteiger partial charge in [0.1, 0.15) is 5.82 Å². The first-order valence-electron chi connectivity index (χ1n) is 10.6. The van der Waals surface area contributed by atoms with Gasteiger partial charge in [-0.1, -0.05) is 44.2 Å². The number of aromatic amines is 1. The molecule has 0 saturated heterocycles. The first-order chi connectivity index (χ1) is 16.2. The van der Waals surface area contributed by atoms with Crippen molar-refractivity contribution in [2.45, 2.75) is 30.8 Å². The Morgan fingerprint density at radius 3 is 2.26 bits per heavy atom. The highest BCUT2D eigenvalue weighted by Gasteiger charge is 2.23. The second-order valence-electron chi connectivity index (χ2n) is 8.02. The molecule has 0 radical (unpaired) electrons. The number of rotatable bonds is 7. The van der Waals surface area contributed by atoms with Gasteiger partial charge in [-0.2, -0.15) is 5.10 Å². The van der Waals surface area contributed by atoms with E-state index >= 15 is 0 Å². The molecule has 0 aliphatic rings. The number of benzene rings is 2. The topological polar surface area (TPSA) is 130 Å². The van der Waals surface area contributed by atoms with Gasteiger partial charge >= 0.3 is 0 Å². The van der Waals surface area contributed by atoms with Crippen LogP contribution in [-0.2, 0) is 14.6 Å². The van der Waals surface area contributed by atoms with Gasteiger partial charge < -0.3 is 10.6 Å². The third-order valence-electron chi connectivity index (χ3n) is 4.93. The monoisotopic (exact) mass is 476 g/mol. The Morgan fingerprint density at radius 2 is 1.65 bits per heavy atom. The van der Waals surface area contributed by atoms with Gasteiger partial charge in [0.15, 0.2) is 5.82 Å². The quantitative estimate of drug-likeness (QED) is 0.338. The second kappa shape index (κ2) is 9.44. The molecule has 10 heteroatoms. The van der Waals surface area contributed by atoms with E-state index in [9.17, 15) is 13.2 Å². The van der Waals surface area contributed by atoms with E-state index in [4.69, 9.17) is 0 Å². The molecule has 0 aliphatic carbocycles. The highest BCUT2D eigenvalue weighted by Crippen LogP contribution is 2.26. The van der Waals surface area contributed by atoms with Gasteiger partial charge in [0.25, 0.3) is 5.16 Å². The lowest BCUT2D eigenvalue weighted by molar-refractivity contribution is -0.118. The van der Waals surface area contributed by atoms with E-state index in [1.165, 1.54) is 12.1 Å². The van der Waals surface area contributed by atoms with Gasteiger partial charge in [0.2, 0.25) is 15.7 Å². The summed E-state index contributed by atoms with van der Waals surface area (Å²) in [5, 5.41) is 12.4. The van der Waals surface area contributed by atoms with Crippen LogP contribution in [0, 0.1) is 12.8 Å². The van der Waals surface area contributed by atoms with E-state index < -0.39 is 9.84 Å². The van der Waals surface area contributed by atoms with Crippen molar-refractivity contribution < 1.29 is 13.2 Å². The molecule has 34 heavy (non-hydrogen) atoms. The molecule has 0 atom stereocenters. The molecule has 0 unspecified atom stereocenters. The number of aryl methyl sites for hydroxylation is 1. The molecule has 0 spiro atoms. The van der Waals surface area contributed by atoms with Crippen LogP contribution in [0.25, 0.3) is 11.3 Å². The molecule has 0 bridgehead atoms. The van der Waals surface area contributed by atoms with E-state index in [2.05, 4.69) is 30.8 Å². The van der Waals surface area contributed by atoms with Gasteiger partial charge in [0, 0.05) is 35.0 Å². The lowest BCUT2D eigenvalue weighted by Gasteiger charge is -2.11. The molecule has 2 heterocycles. The van der Waals surface area contributed by atoms with Crippen LogP contribution in [0.3, 0.4) is 0 Å². The molecular formula is C24H24N6O3S. The number of carbonyl (C=O) groups excluding carboxylic acids is 1. The smallest absolute Gasteiger partial charge is 0.254 e. The largest absolute Gasteiger partial charge is 0.326 e. The van der Waals surface area contributed by atoms with Crippen molar-refractivity contribution in [3.05, 3.63) is 72.4 Å². The standard InChI is InChI=1S/C24H24N6O3S/c1-15(2)23(31)25-18-9-11-19(12-10-18)34(32,33)24-26-20(17-7-5-4-6-8-17)14-21(28-24)27-22-13-16(3)29-30-22/h4-15H,1-3H3,(H,25,31)(H2,26,27,28,29,30). The van der Waals surface area contributed by atoms with E-state index in [0.29, 0.717) is 23.0 Å². The molecule has 2 aromatic carbocycles. The number of aromatic nitrogens is 4. The van der Waals surface area contributed by atoms with Crippen LogP contribution in [0.5, 0.6) is 0 Å². The number of hydrogen-bond donors (Lipinski definition) is 3. The van der Waals surface area contributed by atoms with Gasteiger partial charge in [-0.15, -0.1) is 0 Å². The van der Waals surface area contributed by atoms with Gasteiger partial charge in [-0.05, 0) is 31.2 Å². The first-order valence-corrected chi connectivity index (χ1v) is 12.1. The van der Waals surface area contributed by atoms with Gasteiger partial charge in [-0.3, -0.25) is 9.89 Å². The fraction of sp³-hybridized carbons (Fsp3) is 0.167. The average molecular weight is 477 g/mol. The van der Waals surface area contributed by atoms with E-state index in [1.54, 1.807) is 38.1 Å². The molecule has 9 nitrogen and oxygen atoms in total. The van der Waals surface area contributed by atoms with Crippen molar-refractivity contribution in [2.24, 2.45) is 5.92 Å². The lowest BCUT2D eigenvalue weighted by atomic mass is 10.1. The molecule has 174 valence electrons. The zero-order valence-corrected chi connectivity index (χ0v) is 19.7. The van der Waals surface area contributed by atoms with Crippen molar-refractivity contribution in [3.8, 4) is 11.3 Å². The number of carbonyl (C=O) groups is 1. The lowest BCUT2D eigenvalue weighted by Crippen LogP contribution is -2.17. The summed E-state index contributed by atoms with van der Waals surface area (Å²) in [6.07, 6.45) is 0. The highest BCUT2D eigenvalue weighted by molar-refractivity contribution is 7.91. The third-order valence-corrected chi connectivity index (χ3v) is 6.49. The van der Waals surface area contributed by atoms with Crippen LogP contribution in [0.15, 0.2) is 76.8 Å². The highest BCUT2D eigenvalue weighted by atomic mass is 32.2. The van der Waals surface area contributed by atoms with Crippen molar-refractivity contribution in [3.63, 3.8) is 0 Å². The fourth-order valence-electron chi connectivity index (χ4n) is 3.09. The summed E-state index contributed by atoms with van der Waals surface area (Å²) in [5.41, 5.74) is 2.55. The Balaban J connectivity index is 1.72. The maximum atomic E-state index is 13.4. The van der Waals surface area contributed by atoms with Gasteiger partial charge in [0.05, 0.1) is 10.6 Å². The predicted octanol–water partition coefficient (Wildman–Crippen LogP) is 4.35. The van der Waals surface area contributed by atoms with E-state index in [0.717, 1.165) is 11.3 Å². The summed E-state index contributed by atoms with van der Waals surface area (Å²) in [5.74, 6) is 0.448.